The van der Waals surface area contributed by atoms with Gasteiger partial charge in [0.15, 0.2) is 0 Å². The summed E-state index contributed by atoms with van der Waals surface area (Å²) in [5.41, 5.74) is 0. The van der Waals surface area contributed by atoms with E-state index in [-0.39, 0.29) is 0 Å². The Bertz CT molecular complexity index is 463. The highest BCUT2D eigenvalue weighted by Gasteiger charge is 2.08. The molecular formula is C11H14BrN3S. The molecule has 0 bridgehead atoms. The third-order valence-electron chi connectivity index (χ3n) is 2.50. The monoisotopic (exact) mass is 299 g/mol. The van der Waals surface area contributed by atoms with Crippen LogP contribution in [0, 0.1) is 0 Å². The zero-order valence-electron chi connectivity index (χ0n) is 9.27. The predicted molar refractivity (Wildman–Crippen MR) is 70.5 cm³/mol. The second-order valence-electron chi connectivity index (χ2n) is 3.72. The smallest absolute Gasteiger partial charge is 0.122 e. The van der Waals surface area contributed by atoms with Crippen LogP contribution in [0.3, 0.4) is 0 Å². The highest BCUT2D eigenvalue weighted by Crippen LogP contribution is 2.25. The number of halogens is 1. The fraction of sp³-hybridized carbons (Fsp3) is 0.364. The molecule has 2 heterocycles. The van der Waals surface area contributed by atoms with E-state index in [0.29, 0.717) is 6.04 Å². The molecule has 1 unspecified atom stereocenters. The van der Waals surface area contributed by atoms with E-state index in [2.05, 4.69) is 44.6 Å². The number of thiophene rings is 1. The molecule has 2 aromatic heterocycles. The van der Waals surface area contributed by atoms with Crippen molar-refractivity contribution in [1.82, 2.24) is 14.9 Å². The minimum atomic E-state index is 0.355. The van der Waals surface area contributed by atoms with E-state index in [1.807, 2.05) is 24.0 Å². The molecule has 0 saturated heterocycles. The Labute approximate surface area is 108 Å². The van der Waals surface area contributed by atoms with Gasteiger partial charge in [0.05, 0.1) is 6.54 Å². The highest BCUT2D eigenvalue weighted by atomic mass is 79.9. The van der Waals surface area contributed by atoms with Gasteiger partial charge < -0.3 is 9.88 Å². The third kappa shape index (κ3) is 2.72. The molecule has 5 heteroatoms. The summed E-state index contributed by atoms with van der Waals surface area (Å²) in [5, 5.41) is 5.57. The molecule has 0 aliphatic rings. The number of imidazole rings is 1. The fourth-order valence-corrected chi connectivity index (χ4v) is 2.94. The van der Waals surface area contributed by atoms with Gasteiger partial charge in [-0.3, -0.25) is 0 Å². The van der Waals surface area contributed by atoms with Crippen molar-refractivity contribution in [2.24, 2.45) is 7.05 Å². The summed E-state index contributed by atoms with van der Waals surface area (Å²) in [6.45, 7) is 2.96. The molecular weight excluding hydrogens is 286 g/mol. The van der Waals surface area contributed by atoms with Crippen LogP contribution < -0.4 is 5.32 Å². The zero-order chi connectivity index (χ0) is 11.5. The Morgan fingerprint density at radius 1 is 1.62 bits per heavy atom. The van der Waals surface area contributed by atoms with Gasteiger partial charge in [0, 0.05) is 40.2 Å². The Morgan fingerprint density at radius 2 is 2.44 bits per heavy atom. The second-order valence-corrected chi connectivity index (χ2v) is 5.58. The zero-order valence-corrected chi connectivity index (χ0v) is 11.7. The van der Waals surface area contributed by atoms with Crippen LogP contribution in [0.25, 0.3) is 0 Å². The van der Waals surface area contributed by atoms with Crippen LogP contribution in [0.4, 0.5) is 0 Å². The van der Waals surface area contributed by atoms with Crippen molar-refractivity contribution in [1.29, 1.82) is 0 Å². The SMILES string of the molecule is CC(NCc1nccn1C)c1cc(Br)cs1. The van der Waals surface area contributed by atoms with Gasteiger partial charge >= 0.3 is 0 Å². The molecule has 3 nitrogen and oxygen atoms in total. The number of rotatable bonds is 4. The van der Waals surface area contributed by atoms with Crippen LogP contribution in [0.5, 0.6) is 0 Å². The molecule has 0 aromatic carbocycles. The first kappa shape index (κ1) is 11.8. The van der Waals surface area contributed by atoms with Gasteiger partial charge in [0.1, 0.15) is 5.82 Å². The first-order chi connectivity index (χ1) is 7.66. The maximum absolute atomic E-state index is 4.28. The van der Waals surface area contributed by atoms with Gasteiger partial charge in [-0.05, 0) is 28.9 Å². The molecule has 0 radical (unpaired) electrons. The third-order valence-corrected chi connectivity index (χ3v) is 4.38. The molecule has 1 N–H and O–H groups in total. The quantitative estimate of drug-likeness (QED) is 0.940. The summed E-state index contributed by atoms with van der Waals surface area (Å²) in [6, 6.07) is 2.51. The van der Waals surface area contributed by atoms with Crippen molar-refractivity contribution in [3.63, 3.8) is 0 Å². The molecule has 0 saturated carbocycles. The number of nitrogens with zero attached hydrogens (tertiary/aromatic N) is 2. The Balaban J connectivity index is 1.93. The fourth-order valence-electron chi connectivity index (χ4n) is 1.47. The standard InChI is InChI=1S/C11H14BrN3S/c1-8(10-5-9(12)7-16-10)14-6-11-13-3-4-15(11)2/h3-5,7-8,14H,6H2,1-2H3. The first-order valence-corrected chi connectivity index (χ1v) is 6.77. The molecule has 86 valence electrons. The van der Waals surface area contributed by atoms with E-state index in [1.165, 1.54) is 4.88 Å². The summed E-state index contributed by atoms with van der Waals surface area (Å²) in [4.78, 5) is 5.62. The van der Waals surface area contributed by atoms with Crippen molar-refractivity contribution < 1.29 is 0 Å². The molecule has 0 amide bonds. The van der Waals surface area contributed by atoms with Gasteiger partial charge in [-0.1, -0.05) is 0 Å². The van der Waals surface area contributed by atoms with Gasteiger partial charge in [-0.15, -0.1) is 11.3 Å². The van der Waals surface area contributed by atoms with Crippen molar-refractivity contribution in [2.45, 2.75) is 19.5 Å². The number of aryl methyl sites for hydroxylation is 1. The Kier molecular flexibility index (Phi) is 3.78. The predicted octanol–water partition coefficient (Wildman–Crippen LogP) is 3.09. The molecule has 1 atom stereocenters. The first-order valence-electron chi connectivity index (χ1n) is 5.10. The van der Waals surface area contributed by atoms with E-state index in [1.54, 1.807) is 11.3 Å². The Hall–Kier alpha value is -0.650. The molecule has 2 aromatic rings. The molecule has 0 aliphatic heterocycles. The van der Waals surface area contributed by atoms with Crippen LogP contribution in [0.15, 0.2) is 28.3 Å². The maximum Gasteiger partial charge on any atom is 0.122 e. The van der Waals surface area contributed by atoms with Gasteiger partial charge in [0.2, 0.25) is 0 Å². The summed E-state index contributed by atoms with van der Waals surface area (Å²) in [7, 11) is 2.01. The molecule has 2 rings (SSSR count). The lowest BCUT2D eigenvalue weighted by Gasteiger charge is -2.11. The largest absolute Gasteiger partial charge is 0.337 e. The van der Waals surface area contributed by atoms with Crippen LogP contribution in [0.2, 0.25) is 0 Å². The molecule has 16 heavy (non-hydrogen) atoms. The molecule has 0 fully saturated rings. The minimum Gasteiger partial charge on any atom is -0.337 e. The summed E-state index contributed by atoms with van der Waals surface area (Å²) >= 11 is 5.23. The van der Waals surface area contributed by atoms with Gasteiger partial charge in [-0.2, -0.15) is 0 Å². The van der Waals surface area contributed by atoms with Crippen LogP contribution in [0.1, 0.15) is 23.7 Å². The lowest BCUT2D eigenvalue weighted by atomic mass is 10.3. The van der Waals surface area contributed by atoms with E-state index < -0.39 is 0 Å². The number of hydrogen-bond donors (Lipinski definition) is 1. The summed E-state index contributed by atoms with van der Waals surface area (Å²) < 4.78 is 3.18. The number of hydrogen-bond acceptors (Lipinski definition) is 3. The molecule has 0 aliphatic carbocycles. The van der Waals surface area contributed by atoms with E-state index >= 15 is 0 Å². The normalized spacial score (nSPS) is 12.9. The lowest BCUT2D eigenvalue weighted by Crippen LogP contribution is -2.19. The highest BCUT2D eigenvalue weighted by molar-refractivity contribution is 9.10. The lowest BCUT2D eigenvalue weighted by molar-refractivity contribution is 0.556. The van der Waals surface area contributed by atoms with Crippen LogP contribution in [-0.4, -0.2) is 9.55 Å². The van der Waals surface area contributed by atoms with Crippen molar-refractivity contribution in [3.8, 4) is 0 Å². The number of nitrogens with one attached hydrogen (secondary N) is 1. The Morgan fingerprint density at radius 3 is 3.00 bits per heavy atom. The van der Waals surface area contributed by atoms with Crippen LogP contribution in [-0.2, 0) is 13.6 Å². The second kappa shape index (κ2) is 5.12. The summed E-state index contributed by atoms with van der Waals surface area (Å²) in [5.74, 6) is 1.06. The summed E-state index contributed by atoms with van der Waals surface area (Å²) in [6.07, 6.45) is 3.78. The van der Waals surface area contributed by atoms with Crippen molar-refractivity contribution >= 4 is 27.3 Å². The topological polar surface area (TPSA) is 29.9 Å². The minimum absolute atomic E-state index is 0.355. The maximum atomic E-state index is 4.28. The van der Waals surface area contributed by atoms with E-state index in [4.69, 9.17) is 0 Å². The van der Waals surface area contributed by atoms with Gasteiger partial charge in [0.25, 0.3) is 0 Å². The van der Waals surface area contributed by atoms with Gasteiger partial charge in [-0.25, -0.2) is 4.98 Å². The number of aromatic nitrogens is 2. The van der Waals surface area contributed by atoms with Crippen LogP contribution >= 0.6 is 27.3 Å². The average Bonchev–Trinajstić information content (AvgIpc) is 2.84. The van der Waals surface area contributed by atoms with Crippen molar-refractivity contribution in [2.75, 3.05) is 0 Å². The van der Waals surface area contributed by atoms with E-state index in [0.717, 1.165) is 16.8 Å². The van der Waals surface area contributed by atoms with E-state index in [9.17, 15) is 0 Å². The molecule has 0 spiro atoms. The average molecular weight is 300 g/mol. The van der Waals surface area contributed by atoms with Crippen molar-refractivity contribution in [3.05, 3.63) is 39.0 Å².